The Morgan fingerprint density at radius 2 is 1.85 bits per heavy atom. The molecular weight excluding hydrogens is 326 g/mol. The molecule has 1 N–H and O–H groups in total. The predicted octanol–water partition coefficient (Wildman–Crippen LogP) is 5.00. The van der Waals surface area contributed by atoms with Gasteiger partial charge in [0.15, 0.2) is 5.82 Å². The van der Waals surface area contributed by atoms with Gasteiger partial charge in [0.25, 0.3) is 0 Å². The minimum Gasteiger partial charge on any atom is -0.370 e. The van der Waals surface area contributed by atoms with E-state index in [0.717, 1.165) is 11.6 Å². The highest BCUT2D eigenvalue weighted by molar-refractivity contribution is 9.10. The molecule has 108 valence electrons. The van der Waals surface area contributed by atoms with Gasteiger partial charge in [0.1, 0.15) is 17.2 Å². The van der Waals surface area contributed by atoms with Gasteiger partial charge in [0.05, 0.1) is 4.47 Å². The SMILES string of the molecule is CCNc1nc2c(F)cc(F)c(Br)c2cc1C(C)(C)C. The van der Waals surface area contributed by atoms with Gasteiger partial charge in [0.2, 0.25) is 0 Å². The zero-order valence-electron chi connectivity index (χ0n) is 11.9. The van der Waals surface area contributed by atoms with E-state index in [2.05, 4.69) is 26.2 Å². The van der Waals surface area contributed by atoms with Gasteiger partial charge < -0.3 is 5.32 Å². The molecule has 0 spiro atoms. The Labute approximate surface area is 125 Å². The van der Waals surface area contributed by atoms with E-state index >= 15 is 0 Å². The second-order valence-electron chi connectivity index (χ2n) is 5.72. The molecule has 0 saturated heterocycles. The summed E-state index contributed by atoms with van der Waals surface area (Å²) in [5.41, 5.74) is 0.917. The normalized spacial score (nSPS) is 11.9. The molecule has 0 bridgehead atoms. The lowest BCUT2D eigenvalue weighted by atomic mass is 9.86. The largest absolute Gasteiger partial charge is 0.370 e. The van der Waals surface area contributed by atoms with Crippen molar-refractivity contribution in [2.45, 2.75) is 33.1 Å². The smallest absolute Gasteiger partial charge is 0.152 e. The highest BCUT2D eigenvalue weighted by Crippen LogP contribution is 2.35. The van der Waals surface area contributed by atoms with Crippen molar-refractivity contribution in [3.05, 3.63) is 33.8 Å². The maximum atomic E-state index is 13.9. The van der Waals surface area contributed by atoms with Crippen molar-refractivity contribution in [1.82, 2.24) is 4.98 Å². The molecule has 2 nitrogen and oxygen atoms in total. The first-order valence-corrected chi connectivity index (χ1v) is 7.27. The van der Waals surface area contributed by atoms with Crippen LogP contribution in [0.5, 0.6) is 0 Å². The Bertz CT molecular complexity index is 663. The Hall–Kier alpha value is -1.23. The molecule has 0 amide bonds. The molecule has 2 aromatic rings. The Balaban J connectivity index is 2.85. The second-order valence-corrected chi connectivity index (χ2v) is 6.51. The number of hydrogen-bond donors (Lipinski definition) is 1. The number of nitrogens with zero attached hydrogens (tertiary/aromatic N) is 1. The highest BCUT2D eigenvalue weighted by atomic mass is 79.9. The molecule has 0 fully saturated rings. The zero-order valence-corrected chi connectivity index (χ0v) is 13.5. The Morgan fingerprint density at radius 3 is 2.40 bits per heavy atom. The van der Waals surface area contributed by atoms with Crippen LogP contribution in [0.3, 0.4) is 0 Å². The van der Waals surface area contributed by atoms with Crippen LogP contribution in [0.15, 0.2) is 16.6 Å². The van der Waals surface area contributed by atoms with Gasteiger partial charge in [-0.05, 0) is 34.3 Å². The summed E-state index contributed by atoms with van der Waals surface area (Å²) >= 11 is 3.18. The quantitative estimate of drug-likeness (QED) is 0.776. The molecule has 5 heteroatoms. The van der Waals surface area contributed by atoms with Crippen LogP contribution in [0.4, 0.5) is 14.6 Å². The van der Waals surface area contributed by atoms with E-state index in [4.69, 9.17) is 0 Å². The summed E-state index contributed by atoms with van der Waals surface area (Å²) in [6, 6.07) is 2.66. The molecule has 20 heavy (non-hydrogen) atoms. The molecule has 1 aromatic heterocycles. The lowest BCUT2D eigenvalue weighted by molar-refractivity contribution is 0.581. The van der Waals surface area contributed by atoms with E-state index in [-0.39, 0.29) is 15.4 Å². The highest BCUT2D eigenvalue weighted by Gasteiger charge is 2.22. The first-order chi connectivity index (χ1) is 9.25. The number of aromatic nitrogens is 1. The number of halogens is 3. The fraction of sp³-hybridized carbons (Fsp3) is 0.400. The van der Waals surface area contributed by atoms with Crippen molar-refractivity contribution in [3.63, 3.8) is 0 Å². The second kappa shape index (κ2) is 5.28. The van der Waals surface area contributed by atoms with Crippen LogP contribution >= 0.6 is 15.9 Å². The Morgan fingerprint density at radius 1 is 1.20 bits per heavy atom. The number of rotatable bonds is 2. The molecule has 0 atom stereocenters. The van der Waals surface area contributed by atoms with Gasteiger partial charge in [-0.2, -0.15) is 0 Å². The van der Waals surface area contributed by atoms with E-state index in [1.807, 2.05) is 27.7 Å². The summed E-state index contributed by atoms with van der Waals surface area (Å²) in [5.74, 6) is -0.627. The van der Waals surface area contributed by atoms with Crippen molar-refractivity contribution in [3.8, 4) is 0 Å². The molecule has 2 rings (SSSR count). The van der Waals surface area contributed by atoms with Gasteiger partial charge >= 0.3 is 0 Å². The summed E-state index contributed by atoms with van der Waals surface area (Å²) in [7, 11) is 0. The first kappa shape index (κ1) is 15.2. The van der Waals surface area contributed by atoms with Crippen molar-refractivity contribution in [2.24, 2.45) is 0 Å². The monoisotopic (exact) mass is 342 g/mol. The fourth-order valence-electron chi connectivity index (χ4n) is 2.11. The van der Waals surface area contributed by atoms with E-state index in [9.17, 15) is 8.78 Å². The molecular formula is C15H17BrF2N2. The lowest BCUT2D eigenvalue weighted by Gasteiger charge is -2.23. The third-order valence-corrected chi connectivity index (χ3v) is 3.91. The maximum absolute atomic E-state index is 13.9. The van der Waals surface area contributed by atoms with Gasteiger partial charge in [-0.3, -0.25) is 0 Å². The zero-order chi connectivity index (χ0) is 15.1. The average molecular weight is 343 g/mol. The van der Waals surface area contributed by atoms with Gasteiger partial charge in [0, 0.05) is 23.6 Å². The molecule has 0 aliphatic heterocycles. The van der Waals surface area contributed by atoms with Crippen LogP contribution in [0.2, 0.25) is 0 Å². The number of pyridine rings is 1. The summed E-state index contributed by atoms with van der Waals surface area (Å²) in [5, 5.41) is 3.60. The summed E-state index contributed by atoms with van der Waals surface area (Å²) in [6.07, 6.45) is 0. The fourth-order valence-corrected chi connectivity index (χ4v) is 2.52. The molecule has 0 unspecified atom stereocenters. The lowest BCUT2D eigenvalue weighted by Crippen LogP contribution is -2.16. The average Bonchev–Trinajstić information content (AvgIpc) is 2.35. The summed E-state index contributed by atoms with van der Waals surface area (Å²) in [6.45, 7) is 8.77. The summed E-state index contributed by atoms with van der Waals surface area (Å²) < 4.78 is 27.8. The van der Waals surface area contributed by atoms with Crippen molar-refractivity contribution >= 4 is 32.7 Å². The van der Waals surface area contributed by atoms with Crippen molar-refractivity contribution in [2.75, 3.05) is 11.9 Å². The number of anilines is 1. The van der Waals surface area contributed by atoms with E-state index < -0.39 is 11.6 Å². The van der Waals surface area contributed by atoms with Crippen LogP contribution in [-0.4, -0.2) is 11.5 Å². The molecule has 0 aliphatic carbocycles. The maximum Gasteiger partial charge on any atom is 0.152 e. The third kappa shape index (κ3) is 2.64. The van der Waals surface area contributed by atoms with Gasteiger partial charge in [-0.25, -0.2) is 13.8 Å². The number of benzene rings is 1. The first-order valence-electron chi connectivity index (χ1n) is 6.48. The number of fused-ring (bicyclic) bond motifs is 1. The third-order valence-electron chi connectivity index (χ3n) is 3.10. The van der Waals surface area contributed by atoms with Crippen LogP contribution in [0.25, 0.3) is 10.9 Å². The molecule has 0 aliphatic rings. The van der Waals surface area contributed by atoms with Crippen LogP contribution < -0.4 is 5.32 Å². The van der Waals surface area contributed by atoms with Crippen molar-refractivity contribution in [1.29, 1.82) is 0 Å². The minimum absolute atomic E-state index is 0.169. The Kier molecular flexibility index (Phi) is 4.00. The standard InChI is InChI=1S/C15H17BrF2N2/c1-5-19-14-9(15(2,3)4)6-8-12(16)10(17)7-11(18)13(8)20-14/h6-7H,5H2,1-4H3,(H,19,20). The predicted molar refractivity (Wildman–Crippen MR) is 82.2 cm³/mol. The molecule has 0 saturated carbocycles. The van der Waals surface area contributed by atoms with Crippen LogP contribution in [0, 0.1) is 11.6 Å². The summed E-state index contributed by atoms with van der Waals surface area (Å²) in [4.78, 5) is 4.35. The van der Waals surface area contributed by atoms with E-state index in [1.54, 1.807) is 6.07 Å². The number of hydrogen-bond acceptors (Lipinski definition) is 2. The molecule has 0 radical (unpaired) electrons. The van der Waals surface area contributed by atoms with E-state index in [1.165, 1.54) is 0 Å². The minimum atomic E-state index is -0.652. The number of nitrogens with one attached hydrogen (secondary N) is 1. The van der Waals surface area contributed by atoms with E-state index in [0.29, 0.717) is 17.7 Å². The van der Waals surface area contributed by atoms with Crippen LogP contribution in [-0.2, 0) is 5.41 Å². The molecule has 1 aromatic carbocycles. The van der Waals surface area contributed by atoms with Gasteiger partial charge in [-0.15, -0.1) is 0 Å². The van der Waals surface area contributed by atoms with Crippen LogP contribution in [0.1, 0.15) is 33.3 Å². The van der Waals surface area contributed by atoms with Gasteiger partial charge in [-0.1, -0.05) is 20.8 Å². The van der Waals surface area contributed by atoms with Crippen molar-refractivity contribution < 1.29 is 8.78 Å². The molecule has 1 heterocycles. The topological polar surface area (TPSA) is 24.9 Å².